The van der Waals surface area contributed by atoms with Crippen LogP contribution in [-0.4, -0.2) is 18.2 Å². The van der Waals surface area contributed by atoms with Gasteiger partial charge in [-0.15, -0.1) is 0 Å². The molecule has 0 aliphatic heterocycles. The van der Waals surface area contributed by atoms with Crippen molar-refractivity contribution in [3.8, 4) is 5.75 Å². The molecule has 2 rings (SSSR count). The van der Waals surface area contributed by atoms with Gasteiger partial charge in [-0.25, -0.2) is 0 Å². The molecule has 0 aromatic heterocycles. The Balaban J connectivity index is 2.06. The minimum absolute atomic E-state index is 0.323. The van der Waals surface area contributed by atoms with Crippen LogP contribution in [0.4, 0.5) is 0 Å². The second-order valence-corrected chi connectivity index (χ2v) is 5.56. The van der Waals surface area contributed by atoms with Crippen LogP contribution in [0.1, 0.15) is 22.3 Å². The van der Waals surface area contributed by atoms with Crippen molar-refractivity contribution in [2.75, 3.05) is 7.05 Å². The summed E-state index contributed by atoms with van der Waals surface area (Å²) in [6.45, 7) is 4.29. The van der Waals surface area contributed by atoms with Gasteiger partial charge in [0, 0.05) is 6.04 Å². The van der Waals surface area contributed by atoms with Crippen LogP contribution in [0.2, 0.25) is 0 Å². The topological polar surface area (TPSA) is 32.3 Å². The number of phenols is 1. The van der Waals surface area contributed by atoms with Crippen LogP contribution in [0.15, 0.2) is 42.5 Å². The highest BCUT2D eigenvalue weighted by molar-refractivity contribution is 5.30. The lowest BCUT2D eigenvalue weighted by atomic mass is 9.97. The van der Waals surface area contributed by atoms with Gasteiger partial charge in [-0.1, -0.05) is 41.5 Å². The summed E-state index contributed by atoms with van der Waals surface area (Å²) in [7, 11) is 2.01. The van der Waals surface area contributed by atoms with Gasteiger partial charge in [0.15, 0.2) is 0 Å². The summed E-state index contributed by atoms with van der Waals surface area (Å²) in [6, 6.07) is 14.6. The monoisotopic (exact) mass is 269 g/mol. The summed E-state index contributed by atoms with van der Waals surface area (Å²) in [6.07, 6.45) is 1.98. The number of nitrogens with one attached hydrogen (secondary N) is 1. The third-order valence-corrected chi connectivity index (χ3v) is 3.59. The average Bonchev–Trinajstić information content (AvgIpc) is 2.39. The third kappa shape index (κ3) is 4.10. The van der Waals surface area contributed by atoms with Crippen LogP contribution < -0.4 is 5.32 Å². The van der Waals surface area contributed by atoms with Gasteiger partial charge < -0.3 is 10.4 Å². The maximum Gasteiger partial charge on any atom is 0.115 e. The zero-order chi connectivity index (χ0) is 14.5. The molecule has 2 N–H and O–H groups in total. The maximum absolute atomic E-state index is 9.33. The van der Waals surface area contributed by atoms with E-state index in [0.29, 0.717) is 11.8 Å². The number of aromatic hydroxyl groups is 1. The fraction of sp³-hybridized carbons (Fsp3) is 0.333. The molecule has 1 unspecified atom stereocenters. The summed E-state index contributed by atoms with van der Waals surface area (Å²) >= 11 is 0. The van der Waals surface area contributed by atoms with E-state index in [0.717, 1.165) is 12.8 Å². The molecule has 0 radical (unpaired) electrons. The first-order chi connectivity index (χ1) is 9.56. The van der Waals surface area contributed by atoms with Crippen LogP contribution in [0.25, 0.3) is 0 Å². The van der Waals surface area contributed by atoms with E-state index >= 15 is 0 Å². The highest BCUT2D eigenvalue weighted by Crippen LogP contribution is 2.15. The van der Waals surface area contributed by atoms with Crippen LogP contribution >= 0.6 is 0 Å². The first-order valence-electron chi connectivity index (χ1n) is 7.09. The molecule has 2 aromatic carbocycles. The van der Waals surface area contributed by atoms with E-state index in [1.807, 2.05) is 19.2 Å². The standard InChI is InChI=1S/C18H23NO/c1-13-8-14(2)10-16(9-13)12-17(19-3)11-15-4-6-18(20)7-5-15/h4-10,17,19-20H,11-12H2,1-3H3. The molecule has 0 saturated carbocycles. The normalized spacial score (nSPS) is 12.3. The summed E-state index contributed by atoms with van der Waals surface area (Å²) in [4.78, 5) is 0. The van der Waals surface area contributed by atoms with Crippen molar-refractivity contribution >= 4 is 0 Å². The van der Waals surface area contributed by atoms with Crippen LogP contribution in [0.5, 0.6) is 5.75 Å². The van der Waals surface area contributed by atoms with E-state index in [1.54, 1.807) is 12.1 Å². The van der Waals surface area contributed by atoms with E-state index in [9.17, 15) is 5.11 Å². The Labute approximate surface area is 121 Å². The van der Waals surface area contributed by atoms with Gasteiger partial charge in [0.1, 0.15) is 5.75 Å². The summed E-state index contributed by atoms with van der Waals surface area (Å²) < 4.78 is 0. The van der Waals surface area contributed by atoms with E-state index in [-0.39, 0.29) is 0 Å². The predicted octanol–water partition coefficient (Wildman–Crippen LogP) is 3.38. The fourth-order valence-electron chi connectivity index (χ4n) is 2.66. The molecule has 106 valence electrons. The first-order valence-corrected chi connectivity index (χ1v) is 7.09. The average molecular weight is 269 g/mol. The van der Waals surface area contributed by atoms with Crippen molar-refractivity contribution < 1.29 is 5.11 Å². The number of rotatable bonds is 5. The lowest BCUT2D eigenvalue weighted by Gasteiger charge is -2.17. The van der Waals surface area contributed by atoms with Gasteiger partial charge >= 0.3 is 0 Å². The fourth-order valence-corrected chi connectivity index (χ4v) is 2.66. The lowest BCUT2D eigenvalue weighted by Crippen LogP contribution is -2.29. The Morgan fingerprint density at radius 1 is 0.900 bits per heavy atom. The number of hydrogen-bond acceptors (Lipinski definition) is 2. The van der Waals surface area contributed by atoms with Crippen LogP contribution in [0, 0.1) is 13.8 Å². The summed E-state index contributed by atoms with van der Waals surface area (Å²) in [5.74, 6) is 0.323. The van der Waals surface area contributed by atoms with Gasteiger partial charge in [-0.2, -0.15) is 0 Å². The van der Waals surface area contributed by atoms with Gasteiger partial charge in [-0.05, 0) is 57.0 Å². The molecule has 2 heteroatoms. The van der Waals surface area contributed by atoms with Gasteiger partial charge in [0.05, 0.1) is 0 Å². The van der Waals surface area contributed by atoms with E-state index in [4.69, 9.17) is 0 Å². The molecule has 0 bridgehead atoms. The number of hydrogen-bond donors (Lipinski definition) is 2. The van der Waals surface area contributed by atoms with Gasteiger partial charge in [0.25, 0.3) is 0 Å². The smallest absolute Gasteiger partial charge is 0.115 e. The Hall–Kier alpha value is -1.80. The van der Waals surface area contributed by atoms with Crippen LogP contribution in [0.3, 0.4) is 0 Å². The second-order valence-electron chi connectivity index (χ2n) is 5.56. The summed E-state index contributed by atoms with van der Waals surface area (Å²) in [5.41, 5.74) is 5.26. The van der Waals surface area contributed by atoms with Crippen molar-refractivity contribution in [2.45, 2.75) is 32.7 Å². The van der Waals surface area contributed by atoms with Crippen molar-refractivity contribution in [3.05, 3.63) is 64.7 Å². The Kier molecular flexibility index (Phi) is 4.80. The third-order valence-electron chi connectivity index (χ3n) is 3.59. The predicted molar refractivity (Wildman–Crippen MR) is 84.3 cm³/mol. The second kappa shape index (κ2) is 6.58. The zero-order valence-electron chi connectivity index (χ0n) is 12.5. The van der Waals surface area contributed by atoms with E-state index in [2.05, 4.69) is 37.4 Å². The minimum Gasteiger partial charge on any atom is -0.508 e. The molecule has 0 aliphatic rings. The number of likely N-dealkylation sites (N-methyl/N-ethyl adjacent to an activating group) is 1. The molecular formula is C18H23NO. The molecule has 0 aliphatic carbocycles. The quantitative estimate of drug-likeness (QED) is 0.872. The van der Waals surface area contributed by atoms with Crippen molar-refractivity contribution in [1.82, 2.24) is 5.32 Å². The molecule has 2 nitrogen and oxygen atoms in total. The van der Waals surface area contributed by atoms with Crippen LogP contribution in [-0.2, 0) is 12.8 Å². The Morgan fingerprint density at radius 3 is 2.00 bits per heavy atom. The molecule has 2 aromatic rings. The molecule has 1 atom stereocenters. The van der Waals surface area contributed by atoms with Crippen molar-refractivity contribution in [3.63, 3.8) is 0 Å². The number of aryl methyl sites for hydroxylation is 2. The molecular weight excluding hydrogens is 246 g/mol. The lowest BCUT2D eigenvalue weighted by molar-refractivity contribution is 0.474. The highest BCUT2D eigenvalue weighted by Gasteiger charge is 2.09. The molecule has 0 heterocycles. The molecule has 0 fully saturated rings. The van der Waals surface area contributed by atoms with Crippen molar-refractivity contribution in [1.29, 1.82) is 0 Å². The number of phenolic OH excluding ortho intramolecular Hbond substituents is 1. The SMILES string of the molecule is CNC(Cc1ccc(O)cc1)Cc1cc(C)cc(C)c1. The molecule has 0 saturated heterocycles. The van der Waals surface area contributed by atoms with Gasteiger partial charge in [0.2, 0.25) is 0 Å². The maximum atomic E-state index is 9.33. The highest BCUT2D eigenvalue weighted by atomic mass is 16.3. The van der Waals surface area contributed by atoms with Crippen molar-refractivity contribution in [2.24, 2.45) is 0 Å². The Morgan fingerprint density at radius 2 is 1.45 bits per heavy atom. The Bertz CT molecular complexity index is 540. The number of benzene rings is 2. The van der Waals surface area contributed by atoms with E-state index in [1.165, 1.54) is 22.3 Å². The van der Waals surface area contributed by atoms with E-state index < -0.39 is 0 Å². The molecule has 20 heavy (non-hydrogen) atoms. The minimum atomic E-state index is 0.323. The molecule has 0 amide bonds. The van der Waals surface area contributed by atoms with Gasteiger partial charge in [-0.3, -0.25) is 0 Å². The summed E-state index contributed by atoms with van der Waals surface area (Å²) in [5, 5.41) is 12.7. The zero-order valence-corrected chi connectivity index (χ0v) is 12.5. The largest absolute Gasteiger partial charge is 0.508 e. The molecule has 0 spiro atoms. The first kappa shape index (κ1) is 14.6.